The van der Waals surface area contributed by atoms with Gasteiger partial charge in [0.1, 0.15) is 11.6 Å². The number of likely N-dealkylation sites (N-methyl/N-ethyl adjacent to an activating group) is 1. The number of aromatic nitrogens is 2. The topological polar surface area (TPSA) is 61.3 Å². The number of thiophene rings is 1. The second-order valence-electron chi connectivity index (χ2n) is 6.93. The summed E-state index contributed by atoms with van der Waals surface area (Å²) >= 11 is 1.02. The number of fused-ring (bicyclic) bond motifs is 1. The number of nitrogens with one attached hydrogen (secondary N) is 1. The van der Waals surface area contributed by atoms with Gasteiger partial charge in [0.2, 0.25) is 0 Å². The van der Waals surface area contributed by atoms with E-state index < -0.39 is 0 Å². The molecule has 2 N–H and O–H groups in total. The number of hydrogen-bond donors (Lipinski definition) is 2. The van der Waals surface area contributed by atoms with Crippen LogP contribution >= 0.6 is 11.3 Å². The Morgan fingerprint density at radius 1 is 1.31 bits per heavy atom. The van der Waals surface area contributed by atoms with Crippen LogP contribution in [0.25, 0.3) is 21.3 Å². The fraction of sp³-hybridized carbons (Fsp3) is 0.368. The number of halogens is 1. The number of hydrogen-bond acceptors (Lipinski definition) is 6. The number of aromatic hydroxyl groups is 1. The van der Waals surface area contributed by atoms with Crippen LogP contribution in [-0.2, 0) is 0 Å². The first kappa shape index (κ1) is 17.2. The molecule has 3 heterocycles. The highest BCUT2D eigenvalue weighted by atomic mass is 32.1. The number of aryl methyl sites for hydroxylation is 1. The Kier molecular flexibility index (Phi) is 4.50. The molecule has 0 aliphatic carbocycles. The van der Waals surface area contributed by atoms with E-state index >= 15 is 0 Å². The van der Waals surface area contributed by atoms with Gasteiger partial charge in [-0.25, -0.2) is 0 Å². The largest absolute Gasteiger partial charge is 0.507 e. The number of anilines is 1. The van der Waals surface area contributed by atoms with Crippen LogP contribution in [0.4, 0.5) is 10.2 Å². The third-order valence-corrected chi connectivity index (χ3v) is 5.75. The molecule has 0 amide bonds. The van der Waals surface area contributed by atoms with E-state index in [1.54, 1.807) is 6.07 Å². The average molecular weight is 372 g/mol. The van der Waals surface area contributed by atoms with Gasteiger partial charge in [0.25, 0.3) is 0 Å². The Balaban J connectivity index is 1.63. The van der Waals surface area contributed by atoms with Gasteiger partial charge in [0, 0.05) is 28.2 Å². The van der Waals surface area contributed by atoms with E-state index in [0.29, 0.717) is 27.4 Å². The lowest BCUT2D eigenvalue weighted by Crippen LogP contribution is -2.39. The molecule has 1 atom stereocenters. The van der Waals surface area contributed by atoms with Crippen molar-refractivity contribution in [3.05, 3.63) is 35.0 Å². The summed E-state index contributed by atoms with van der Waals surface area (Å²) in [6.45, 7) is 4.07. The third kappa shape index (κ3) is 3.24. The highest BCUT2D eigenvalue weighted by molar-refractivity contribution is 7.17. The summed E-state index contributed by atoms with van der Waals surface area (Å²) < 4.78 is 14.2. The standard InChI is InChI=1S/C19H21FN4OS/c1-11-8-17(21-12-4-3-7-24(2)10-12)22-23-18(11)13-5-6-15-14(19(13)25)9-16(20)26-15/h5-6,8-9,12,25H,3-4,7,10H2,1-2H3,(H,21,22)/t12-/m0/s1. The van der Waals surface area contributed by atoms with Crippen LogP contribution in [0.15, 0.2) is 24.3 Å². The van der Waals surface area contributed by atoms with Gasteiger partial charge in [-0.05, 0) is 63.2 Å². The Morgan fingerprint density at radius 3 is 2.92 bits per heavy atom. The molecule has 0 spiro atoms. The number of nitrogens with zero attached hydrogens (tertiary/aromatic N) is 3. The maximum Gasteiger partial charge on any atom is 0.177 e. The molecule has 7 heteroatoms. The molecule has 1 fully saturated rings. The highest BCUT2D eigenvalue weighted by Gasteiger charge is 2.19. The van der Waals surface area contributed by atoms with Crippen molar-refractivity contribution in [3.8, 4) is 17.0 Å². The van der Waals surface area contributed by atoms with Crippen LogP contribution in [-0.4, -0.2) is 46.4 Å². The van der Waals surface area contributed by atoms with E-state index in [2.05, 4.69) is 27.5 Å². The van der Waals surface area contributed by atoms with Gasteiger partial charge < -0.3 is 15.3 Å². The first-order valence-corrected chi connectivity index (χ1v) is 9.53. The summed E-state index contributed by atoms with van der Waals surface area (Å²) in [7, 11) is 2.13. The fourth-order valence-corrected chi connectivity index (χ4v) is 4.36. The van der Waals surface area contributed by atoms with Gasteiger partial charge in [0.15, 0.2) is 5.13 Å². The van der Waals surface area contributed by atoms with Crippen LogP contribution in [0.2, 0.25) is 0 Å². The minimum absolute atomic E-state index is 0.0506. The number of phenolic OH excluding ortho intramolecular Hbond substituents is 1. The maximum atomic E-state index is 13.5. The van der Waals surface area contributed by atoms with Gasteiger partial charge in [-0.1, -0.05) is 0 Å². The van der Waals surface area contributed by atoms with Gasteiger partial charge in [0.05, 0.1) is 5.69 Å². The number of benzene rings is 1. The molecule has 5 nitrogen and oxygen atoms in total. The number of likely N-dealkylation sites (tertiary alicyclic amines) is 1. The summed E-state index contributed by atoms with van der Waals surface area (Å²) in [5.74, 6) is 0.795. The highest BCUT2D eigenvalue weighted by Crippen LogP contribution is 2.39. The third-order valence-electron chi connectivity index (χ3n) is 4.86. The van der Waals surface area contributed by atoms with Crippen molar-refractivity contribution < 1.29 is 9.50 Å². The monoisotopic (exact) mass is 372 g/mol. The quantitative estimate of drug-likeness (QED) is 0.727. The molecule has 0 saturated carbocycles. The van der Waals surface area contributed by atoms with E-state index in [1.165, 1.54) is 12.5 Å². The molecule has 1 saturated heterocycles. The Bertz CT molecular complexity index is 958. The van der Waals surface area contributed by atoms with E-state index in [4.69, 9.17) is 0 Å². The normalized spacial score (nSPS) is 18.3. The summed E-state index contributed by atoms with van der Waals surface area (Å²) in [6.07, 6.45) is 2.29. The van der Waals surface area contributed by atoms with Crippen molar-refractivity contribution in [1.82, 2.24) is 15.1 Å². The van der Waals surface area contributed by atoms with Crippen LogP contribution < -0.4 is 5.32 Å². The molecule has 1 aliphatic heterocycles. The predicted molar refractivity (Wildman–Crippen MR) is 103 cm³/mol. The molecule has 26 heavy (non-hydrogen) atoms. The minimum atomic E-state index is -0.313. The van der Waals surface area contributed by atoms with E-state index in [0.717, 1.165) is 42.2 Å². The SMILES string of the molecule is Cc1cc(N[C@H]2CCCN(C)C2)nnc1-c1ccc2sc(F)cc2c1O. The van der Waals surface area contributed by atoms with Gasteiger partial charge in [-0.3, -0.25) is 0 Å². The van der Waals surface area contributed by atoms with E-state index in [9.17, 15) is 9.50 Å². The molecule has 136 valence electrons. The first-order valence-electron chi connectivity index (χ1n) is 8.72. The van der Waals surface area contributed by atoms with Crippen molar-refractivity contribution in [2.75, 3.05) is 25.5 Å². The molecule has 1 aliphatic rings. The van der Waals surface area contributed by atoms with Gasteiger partial charge in [-0.15, -0.1) is 21.5 Å². The zero-order chi connectivity index (χ0) is 18.3. The number of piperidine rings is 1. The Morgan fingerprint density at radius 2 is 2.15 bits per heavy atom. The lowest BCUT2D eigenvalue weighted by molar-refractivity contribution is 0.260. The van der Waals surface area contributed by atoms with Crippen molar-refractivity contribution in [2.45, 2.75) is 25.8 Å². The zero-order valence-electron chi connectivity index (χ0n) is 14.8. The Hall–Kier alpha value is -2.25. The molecule has 1 aromatic carbocycles. The van der Waals surface area contributed by atoms with Crippen LogP contribution in [0.3, 0.4) is 0 Å². The summed E-state index contributed by atoms with van der Waals surface area (Å²) in [5.41, 5.74) is 2.10. The van der Waals surface area contributed by atoms with Crippen molar-refractivity contribution in [1.29, 1.82) is 0 Å². The molecule has 0 radical (unpaired) electrons. The summed E-state index contributed by atoms with van der Waals surface area (Å²) in [6, 6.07) is 7.26. The molecule has 2 aromatic heterocycles. The van der Waals surface area contributed by atoms with Crippen LogP contribution in [0, 0.1) is 12.1 Å². The van der Waals surface area contributed by atoms with Gasteiger partial charge >= 0.3 is 0 Å². The van der Waals surface area contributed by atoms with Crippen molar-refractivity contribution in [3.63, 3.8) is 0 Å². The molecular weight excluding hydrogens is 351 g/mol. The fourth-order valence-electron chi connectivity index (χ4n) is 3.57. The van der Waals surface area contributed by atoms with Crippen LogP contribution in [0.5, 0.6) is 5.75 Å². The van der Waals surface area contributed by atoms with Crippen LogP contribution in [0.1, 0.15) is 18.4 Å². The predicted octanol–water partition coefficient (Wildman–Crippen LogP) is 4.02. The second-order valence-corrected chi connectivity index (χ2v) is 7.96. The zero-order valence-corrected chi connectivity index (χ0v) is 15.6. The van der Waals surface area contributed by atoms with Gasteiger partial charge in [-0.2, -0.15) is 4.39 Å². The second kappa shape index (κ2) is 6.81. The first-order chi connectivity index (χ1) is 12.5. The number of rotatable bonds is 3. The molecular formula is C19H21FN4OS. The Labute approximate surface area is 155 Å². The molecule has 3 aromatic rings. The molecule has 4 rings (SSSR count). The van der Waals surface area contributed by atoms with Crippen molar-refractivity contribution in [2.24, 2.45) is 0 Å². The lowest BCUT2D eigenvalue weighted by Gasteiger charge is -2.30. The molecule has 0 bridgehead atoms. The maximum absolute atomic E-state index is 13.5. The molecule has 0 unspecified atom stereocenters. The van der Waals surface area contributed by atoms with E-state index in [-0.39, 0.29) is 10.9 Å². The minimum Gasteiger partial charge on any atom is -0.507 e. The van der Waals surface area contributed by atoms with E-state index in [1.807, 2.05) is 19.1 Å². The average Bonchev–Trinajstić information content (AvgIpc) is 2.98. The number of phenols is 1. The summed E-state index contributed by atoms with van der Waals surface area (Å²) in [4.78, 5) is 2.31. The lowest BCUT2D eigenvalue weighted by atomic mass is 10.0. The summed E-state index contributed by atoms with van der Waals surface area (Å²) in [5, 5.41) is 22.8. The van der Waals surface area contributed by atoms with Crippen molar-refractivity contribution >= 4 is 27.2 Å². The smallest absolute Gasteiger partial charge is 0.177 e.